The summed E-state index contributed by atoms with van der Waals surface area (Å²) in [5.41, 5.74) is -0.412. The van der Waals surface area contributed by atoms with Gasteiger partial charge in [-0.05, 0) is 49.6 Å². The summed E-state index contributed by atoms with van der Waals surface area (Å²) < 4.78 is 54.9. The zero-order valence-corrected chi connectivity index (χ0v) is 24.9. The monoisotopic (exact) mass is 615 g/mol. The average molecular weight is 616 g/mol. The van der Waals surface area contributed by atoms with Crippen LogP contribution in [0.25, 0.3) is 16.9 Å². The van der Waals surface area contributed by atoms with E-state index >= 15 is 0 Å². The van der Waals surface area contributed by atoms with Crippen LogP contribution in [-0.4, -0.2) is 73.8 Å². The van der Waals surface area contributed by atoms with E-state index in [-0.39, 0.29) is 30.4 Å². The van der Waals surface area contributed by atoms with Crippen LogP contribution in [0.5, 0.6) is 11.5 Å². The maximum atomic E-state index is 14.4. The Morgan fingerprint density at radius 3 is 2.45 bits per heavy atom. The molecule has 2 N–H and O–H groups in total. The molecule has 236 valence electrons. The number of hydrogen-bond acceptors (Lipinski definition) is 8. The number of rotatable bonds is 10. The number of halogens is 3. The van der Waals surface area contributed by atoms with Gasteiger partial charge in [-0.3, -0.25) is 9.59 Å². The predicted molar refractivity (Wildman–Crippen MR) is 160 cm³/mol. The second-order valence-electron chi connectivity index (χ2n) is 11.0. The van der Waals surface area contributed by atoms with Crippen molar-refractivity contribution in [3.63, 3.8) is 0 Å². The molecule has 0 aliphatic carbocycles. The van der Waals surface area contributed by atoms with E-state index < -0.39 is 29.1 Å². The number of nitrogens with zero attached hydrogens (tertiary/aromatic N) is 4. The number of unbranched alkanes of at least 4 members (excludes halogenated alkanes) is 1. The number of aromatic nitrogens is 2. The molecule has 13 heteroatoms. The summed E-state index contributed by atoms with van der Waals surface area (Å²) in [6, 6.07) is 8.56. The van der Waals surface area contributed by atoms with E-state index in [2.05, 4.69) is 10.4 Å². The number of carbonyl (C=O) groups is 1. The molecular formula is C31H36F3N5O5. The van der Waals surface area contributed by atoms with Gasteiger partial charge in [-0.15, -0.1) is 0 Å². The van der Waals surface area contributed by atoms with Gasteiger partial charge in [0.25, 0.3) is 5.56 Å². The van der Waals surface area contributed by atoms with Crippen LogP contribution in [0.15, 0.2) is 41.2 Å². The molecule has 2 aliphatic rings. The van der Waals surface area contributed by atoms with Crippen molar-refractivity contribution in [1.82, 2.24) is 15.1 Å². The van der Waals surface area contributed by atoms with E-state index in [1.54, 1.807) is 28.0 Å². The minimum Gasteiger partial charge on any atom is -0.497 e. The fraction of sp³-hybridized carbons (Fsp3) is 0.452. The lowest BCUT2D eigenvalue weighted by atomic mass is 10.0. The Hall–Kier alpha value is -4.26. The van der Waals surface area contributed by atoms with Crippen molar-refractivity contribution in [3.8, 4) is 28.4 Å². The Balaban J connectivity index is 1.72. The molecule has 0 spiro atoms. The third kappa shape index (κ3) is 6.33. The molecule has 1 atom stereocenters. The molecule has 0 radical (unpaired) electrons. The van der Waals surface area contributed by atoms with Crippen LogP contribution in [0.3, 0.4) is 0 Å². The first-order chi connectivity index (χ1) is 21.0. The minimum absolute atomic E-state index is 0.123. The molecule has 2 aromatic carbocycles. The van der Waals surface area contributed by atoms with Crippen molar-refractivity contribution >= 4 is 17.3 Å². The van der Waals surface area contributed by atoms with Gasteiger partial charge in [0.05, 0.1) is 43.8 Å². The van der Waals surface area contributed by atoms with Crippen LogP contribution >= 0.6 is 0 Å². The Labute approximate surface area is 253 Å². The van der Waals surface area contributed by atoms with E-state index in [0.29, 0.717) is 60.8 Å². The first-order valence-corrected chi connectivity index (χ1v) is 14.6. The number of amides is 1. The molecule has 3 aromatic rings. The Kier molecular flexibility index (Phi) is 9.05. The van der Waals surface area contributed by atoms with Crippen molar-refractivity contribution < 1.29 is 32.5 Å². The van der Waals surface area contributed by atoms with Crippen LogP contribution < -0.4 is 30.1 Å². The number of benzene rings is 2. The predicted octanol–water partition coefficient (Wildman–Crippen LogP) is 3.79. The van der Waals surface area contributed by atoms with Crippen molar-refractivity contribution in [2.75, 3.05) is 56.7 Å². The number of hydrogen-bond donors (Lipinski definition) is 2. The molecule has 1 amide bonds. The normalized spacial score (nSPS) is 16.3. The van der Waals surface area contributed by atoms with Gasteiger partial charge < -0.3 is 29.7 Å². The summed E-state index contributed by atoms with van der Waals surface area (Å²) in [4.78, 5) is 30.3. The van der Waals surface area contributed by atoms with E-state index in [1.165, 1.54) is 26.4 Å². The molecule has 2 aliphatic heterocycles. The number of nitrogens with one attached hydrogen (secondary N) is 1. The zero-order valence-electron chi connectivity index (χ0n) is 24.9. The number of anilines is 2. The number of alkyl halides is 3. The quantitative estimate of drug-likeness (QED) is 0.332. The topological polar surface area (TPSA) is 109 Å². The fourth-order valence-electron chi connectivity index (χ4n) is 5.71. The highest BCUT2D eigenvalue weighted by Crippen LogP contribution is 2.39. The maximum Gasteiger partial charge on any atom is 0.418 e. The first-order valence-electron chi connectivity index (χ1n) is 14.6. The molecule has 44 heavy (non-hydrogen) atoms. The molecule has 3 heterocycles. The van der Waals surface area contributed by atoms with Crippen molar-refractivity contribution in [2.45, 2.75) is 44.9 Å². The summed E-state index contributed by atoms with van der Waals surface area (Å²) in [6.07, 6.45) is -2.87. The number of ether oxygens (including phenoxy) is 2. The van der Waals surface area contributed by atoms with Crippen LogP contribution in [0.4, 0.5) is 24.5 Å². The smallest absolute Gasteiger partial charge is 0.418 e. The molecular weight excluding hydrogens is 579 g/mol. The number of methoxy groups -OCH3 is 2. The van der Waals surface area contributed by atoms with E-state index in [4.69, 9.17) is 9.47 Å². The third-order valence-electron chi connectivity index (χ3n) is 7.97. The number of carbonyl (C=O) groups excluding carboxylic acids is 1. The lowest BCUT2D eigenvalue weighted by Gasteiger charge is -2.23. The van der Waals surface area contributed by atoms with Crippen molar-refractivity contribution in [2.24, 2.45) is 0 Å². The minimum atomic E-state index is -4.79. The van der Waals surface area contributed by atoms with Gasteiger partial charge in [0.1, 0.15) is 17.2 Å². The summed E-state index contributed by atoms with van der Waals surface area (Å²) >= 11 is 0. The molecule has 10 nitrogen and oxygen atoms in total. The number of aliphatic hydroxyl groups is 1. The maximum absolute atomic E-state index is 14.4. The second kappa shape index (κ2) is 12.8. The Morgan fingerprint density at radius 2 is 1.84 bits per heavy atom. The molecule has 1 fully saturated rings. The van der Waals surface area contributed by atoms with Crippen molar-refractivity contribution in [1.29, 1.82) is 0 Å². The second-order valence-corrected chi connectivity index (χ2v) is 11.0. The van der Waals surface area contributed by atoms with E-state index in [0.717, 1.165) is 23.6 Å². The fourth-order valence-corrected chi connectivity index (χ4v) is 5.71. The molecule has 5 rings (SSSR count). The molecule has 1 aromatic heterocycles. The van der Waals surface area contributed by atoms with Gasteiger partial charge >= 0.3 is 6.18 Å². The highest BCUT2D eigenvalue weighted by molar-refractivity contribution is 5.84. The Bertz CT molecular complexity index is 1570. The van der Waals surface area contributed by atoms with Crippen LogP contribution in [0.2, 0.25) is 0 Å². The van der Waals surface area contributed by atoms with Gasteiger partial charge in [-0.2, -0.15) is 23.0 Å². The highest BCUT2D eigenvalue weighted by atomic mass is 19.4. The summed E-state index contributed by atoms with van der Waals surface area (Å²) in [5, 5.41) is 17.5. The van der Waals surface area contributed by atoms with Gasteiger partial charge in [-0.1, -0.05) is 13.3 Å². The number of aliphatic hydroxyl groups excluding tert-OH is 1. The molecule has 1 saturated heterocycles. The first kappa shape index (κ1) is 31.2. The van der Waals surface area contributed by atoms with Crippen LogP contribution in [0, 0.1) is 0 Å². The standard InChI is InChI=1S/C31H36F3N5O5/c1-4-5-10-35-27(41)18-38-12-9-24-28(19-13-22(43-2)16-23(14-19)44-3)36-39(30(42)29(24)38)26-15-20(37-11-8-21(40)17-37)6-7-25(26)31(32,33)34/h6-7,13-16,21,40H,4-5,8-12,17-18H2,1-3H3,(H,35,41)/t21-/m0/s1. The summed E-state index contributed by atoms with van der Waals surface area (Å²) in [7, 11) is 2.96. The van der Waals surface area contributed by atoms with Gasteiger partial charge in [0.15, 0.2) is 0 Å². The van der Waals surface area contributed by atoms with Crippen LogP contribution in [0.1, 0.15) is 37.3 Å². The largest absolute Gasteiger partial charge is 0.497 e. The SMILES string of the molecule is CCCCNC(=O)CN1CCc2c(-c3cc(OC)cc(OC)c3)nn(-c3cc(N4CC[C@H](O)C4)ccc3C(F)(F)F)c(=O)c21. The third-order valence-corrected chi connectivity index (χ3v) is 7.97. The highest BCUT2D eigenvalue weighted by Gasteiger charge is 2.37. The lowest BCUT2D eigenvalue weighted by Crippen LogP contribution is -2.39. The summed E-state index contributed by atoms with van der Waals surface area (Å²) in [5.74, 6) is 0.580. The van der Waals surface area contributed by atoms with Gasteiger partial charge in [-0.25, -0.2) is 0 Å². The number of fused-ring (bicyclic) bond motifs is 1. The zero-order chi connectivity index (χ0) is 31.6. The van der Waals surface area contributed by atoms with Gasteiger partial charge in [0, 0.05) is 49.1 Å². The Morgan fingerprint density at radius 1 is 1.11 bits per heavy atom. The van der Waals surface area contributed by atoms with E-state index in [9.17, 15) is 27.9 Å². The van der Waals surface area contributed by atoms with Crippen LogP contribution in [-0.2, 0) is 17.4 Å². The molecule has 0 saturated carbocycles. The average Bonchev–Trinajstić information content (AvgIpc) is 3.63. The van der Waals surface area contributed by atoms with E-state index in [1.807, 2.05) is 6.92 Å². The molecule has 0 unspecified atom stereocenters. The summed E-state index contributed by atoms with van der Waals surface area (Å²) in [6.45, 7) is 3.38. The lowest BCUT2D eigenvalue weighted by molar-refractivity contribution is -0.137. The van der Waals surface area contributed by atoms with Crippen molar-refractivity contribution in [3.05, 3.63) is 57.9 Å². The number of β-amino-alcohol motifs (C(OH)–C–C–N with tert-alkyl or cyclic N) is 1. The molecule has 0 bridgehead atoms. The van der Waals surface area contributed by atoms with Gasteiger partial charge in [0.2, 0.25) is 5.91 Å².